The second kappa shape index (κ2) is 7.23. The van der Waals surface area contributed by atoms with Crippen molar-refractivity contribution in [3.8, 4) is 0 Å². The van der Waals surface area contributed by atoms with Crippen molar-refractivity contribution in [2.24, 2.45) is 0 Å². The molecule has 2 aromatic heterocycles. The van der Waals surface area contributed by atoms with E-state index in [1.807, 2.05) is 31.2 Å². The molecule has 24 heavy (non-hydrogen) atoms. The number of ether oxygens (including phenoxy) is 1. The quantitative estimate of drug-likeness (QED) is 0.403. The molecular formula is C19H15ClN2O2. The minimum atomic E-state index is -0.438. The normalized spacial score (nSPS) is 11.1. The van der Waals surface area contributed by atoms with E-state index < -0.39 is 5.97 Å². The molecule has 1 aromatic carbocycles. The topological polar surface area (TPSA) is 52.1 Å². The standard InChI is InChI=1S/C19H15ClN2O2/c1-13-2-4-15-11-16(19(20)22-17(15)10-13)12-24-18(23)5-3-14-6-8-21-9-7-14/h2-11H,12H2,1H3/b5-3+. The van der Waals surface area contributed by atoms with E-state index in [4.69, 9.17) is 16.3 Å². The van der Waals surface area contributed by atoms with Gasteiger partial charge in [0.2, 0.25) is 0 Å². The van der Waals surface area contributed by atoms with Crippen LogP contribution in [0.5, 0.6) is 0 Å². The van der Waals surface area contributed by atoms with Crippen molar-refractivity contribution in [3.05, 3.63) is 76.7 Å². The largest absolute Gasteiger partial charge is 0.458 e. The van der Waals surface area contributed by atoms with Gasteiger partial charge in [-0.25, -0.2) is 9.78 Å². The molecule has 120 valence electrons. The number of halogens is 1. The van der Waals surface area contributed by atoms with Crippen molar-refractivity contribution in [1.29, 1.82) is 0 Å². The number of aromatic nitrogens is 2. The number of carbonyl (C=O) groups is 1. The fourth-order valence-corrected chi connectivity index (χ4v) is 2.43. The molecule has 0 amide bonds. The van der Waals surface area contributed by atoms with Crippen LogP contribution in [0.2, 0.25) is 5.15 Å². The van der Waals surface area contributed by atoms with E-state index in [9.17, 15) is 4.79 Å². The van der Waals surface area contributed by atoms with Gasteiger partial charge in [0, 0.05) is 29.4 Å². The fraction of sp³-hybridized carbons (Fsp3) is 0.105. The smallest absolute Gasteiger partial charge is 0.331 e. The van der Waals surface area contributed by atoms with Crippen molar-refractivity contribution in [1.82, 2.24) is 9.97 Å². The summed E-state index contributed by atoms with van der Waals surface area (Å²) in [7, 11) is 0. The number of pyridine rings is 2. The molecule has 0 aliphatic rings. The molecule has 0 saturated carbocycles. The maximum atomic E-state index is 11.8. The third kappa shape index (κ3) is 3.97. The summed E-state index contributed by atoms with van der Waals surface area (Å²) in [6.45, 7) is 2.08. The summed E-state index contributed by atoms with van der Waals surface area (Å²) in [6, 6.07) is 11.4. The zero-order chi connectivity index (χ0) is 16.9. The summed E-state index contributed by atoms with van der Waals surface area (Å²) in [4.78, 5) is 20.1. The van der Waals surface area contributed by atoms with Gasteiger partial charge in [0.25, 0.3) is 0 Å². The molecule has 4 nitrogen and oxygen atoms in total. The number of rotatable bonds is 4. The second-order valence-corrected chi connectivity index (χ2v) is 5.71. The molecule has 2 heterocycles. The van der Waals surface area contributed by atoms with Crippen LogP contribution >= 0.6 is 11.6 Å². The summed E-state index contributed by atoms with van der Waals surface area (Å²) in [5.74, 6) is -0.438. The highest BCUT2D eigenvalue weighted by Gasteiger charge is 2.07. The maximum Gasteiger partial charge on any atom is 0.331 e. The number of benzene rings is 1. The first-order valence-corrected chi connectivity index (χ1v) is 7.80. The Morgan fingerprint density at radius 3 is 2.79 bits per heavy atom. The highest BCUT2D eigenvalue weighted by molar-refractivity contribution is 6.30. The molecule has 0 bridgehead atoms. The minimum Gasteiger partial charge on any atom is -0.458 e. The summed E-state index contributed by atoms with van der Waals surface area (Å²) in [5, 5.41) is 1.31. The van der Waals surface area contributed by atoms with Crippen molar-refractivity contribution in [2.45, 2.75) is 13.5 Å². The van der Waals surface area contributed by atoms with Crippen molar-refractivity contribution >= 4 is 34.5 Å². The van der Waals surface area contributed by atoms with Crippen LogP contribution in [0.3, 0.4) is 0 Å². The lowest BCUT2D eigenvalue weighted by atomic mass is 10.1. The Bertz CT molecular complexity index is 908. The van der Waals surface area contributed by atoms with Gasteiger partial charge in [-0.1, -0.05) is 23.7 Å². The van der Waals surface area contributed by atoms with E-state index in [1.165, 1.54) is 6.08 Å². The molecule has 0 spiro atoms. The summed E-state index contributed by atoms with van der Waals surface area (Å²) in [6.07, 6.45) is 6.37. The van der Waals surface area contributed by atoms with Crippen molar-refractivity contribution in [3.63, 3.8) is 0 Å². The Kier molecular flexibility index (Phi) is 4.87. The van der Waals surface area contributed by atoms with Gasteiger partial charge in [0.05, 0.1) is 5.52 Å². The maximum absolute atomic E-state index is 11.8. The highest BCUT2D eigenvalue weighted by Crippen LogP contribution is 2.22. The van der Waals surface area contributed by atoms with Crippen LogP contribution in [0, 0.1) is 6.92 Å². The number of nitrogens with zero attached hydrogens (tertiary/aromatic N) is 2. The van der Waals surface area contributed by atoms with Crippen LogP contribution in [-0.2, 0) is 16.1 Å². The van der Waals surface area contributed by atoms with Crippen LogP contribution < -0.4 is 0 Å². The van der Waals surface area contributed by atoms with Gasteiger partial charge < -0.3 is 4.74 Å². The van der Waals surface area contributed by atoms with Gasteiger partial charge in [-0.15, -0.1) is 0 Å². The number of fused-ring (bicyclic) bond motifs is 1. The van der Waals surface area contributed by atoms with E-state index in [0.717, 1.165) is 22.0 Å². The summed E-state index contributed by atoms with van der Waals surface area (Å²) >= 11 is 6.18. The average Bonchev–Trinajstić information content (AvgIpc) is 2.59. The highest BCUT2D eigenvalue weighted by atomic mass is 35.5. The van der Waals surface area contributed by atoms with Gasteiger partial charge in [-0.2, -0.15) is 0 Å². The third-order valence-corrected chi connectivity index (χ3v) is 3.81. The van der Waals surface area contributed by atoms with Gasteiger partial charge in [0.15, 0.2) is 0 Å². The zero-order valence-electron chi connectivity index (χ0n) is 13.1. The van der Waals surface area contributed by atoms with E-state index in [-0.39, 0.29) is 6.61 Å². The molecule has 5 heteroatoms. The number of carbonyl (C=O) groups excluding carboxylic acids is 1. The molecule has 0 aliphatic heterocycles. The Balaban J connectivity index is 1.69. The summed E-state index contributed by atoms with van der Waals surface area (Å²) in [5.41, 5.74) is 3.50. The third-order valence-electron chi connectivity index (χ3n) is 3.49. The van der Waals surface area contributed by atoms with Crippen LogP contribution in [0.25, 0.3) is 17.0 Å². The second-order valence-electron chi connectivity index (χ2n) is 5.36. The van der Waals surface area contributed by atoms with E-state index in [1.54, 1.807) is 30.6 Å². The van der Waals surface area contributed by atoms with Crippen molar-refractivity contribution in [2.75, 3.05) is 0 Å². The molecule has 0 N–H and O–H groups in total. The zero-order valence-corrected chi connectivity index (χ0v) is 13.8. The number of aryl methyl sites for hydroxylation is 1. The molecular weight excluding hydrogens is 324 g/mol. The van der Waals surface area contributed by atoms with Crippen LogP contribution in [0.4, 0.5) is 0 Å². The fourth-order valence-electron chi connectivity index (χ4n) is 2.23. The van der Waals surface area contributed by atoms with Gasteiger partial charge in [0.1, 0.15) is 11.8 Å². The first-order valence-electron chi connectivity index (χ1n) is 7.42. The molecule has 0 unspecified atom stereocenters. The first kappa shape index (κ1) is 16.1. The van der Waals surface area contributed by atoms with Gasteiger partial charge in [-0.05, 0) is 48.4 Å². The van der Waals surface area contributed by atoms with Crippen molar-refractivity contribution < 1.29 is 9.53 Å². The summed E-state index contributed by atoms with van der Waals surface area (Å²) < 4.78 is 5.24. The van der Waals surface area contributed by atoms with Crippen LogP contribution in [0.15, 0.2) is 54.9 Å². The number of esters is 1. The Morgan fingerprint density at radius 1 is 1.21 bits per heavy atom. The van der Waals surface area contributed by atoms with E-state index >= 15 is 0 Å². The molecule has 3 aromatic rings. The Morgan fingerprint density at radius 2 is 2.00 bits per heavy atom. The molecule has 0 atom stereocenters. The first-order chi connectivity index (χ1) is 11.6. The Hall–Kier alpha value is -2.72. The van der Waals surface area contributed by atoms with Gasteiger partial charge >= 0.3 is 5.97 Å². The predicted molar refractivity (Wildman–Crippen MR) is 94.6 cm³/mol. The number of hydrogen-bond donors (Lipinski definition) is 0. The lowest BCUT2D eigenvalue weighted by Crippen LogP contribution is -2.02. The van der Waals surface area contributed by atoms with Crippen LogP contribution in [0.1, 0.15) is 16.7 Å². The SMILES string of the molecule is Cc1ccc2cc(COC(=O)/C=C/c3ccncc3)c(Cl)nc2c1. The van der Waals surface area contributed by atoms with E-state index in [0.29, 0.717) is 10.7 Å². The number of hydrogen-bond acceptors (Lipinski definition) is 4. The van der Waals surface area contributed by atoms with Gasteiger partial charge in [-0.3, -0.25) is 4.98 Å². The lowest BCUT2D eigenvalue weighted by Gasteiger charge is -2.07. The molecule has 3 rings (SSSR count). The minimum absolute atomic E-state index is 0.0785. The predicted octanol–water partition coefficient (Wildman–Crippen LogP) is 4.35. The van der Waals surface area contributed by atoms with Crippen LogP contribution in [-0.4, -0.2) is 15.9 Å². The molecule has 0 aliphatic carbocycles. The average molecular weight is 339 g/mol. The Labute approximate surface area is 144 Å². The lowest BCUT2D eigenvalue weighted by molar-refractivity contribution is -0.138. The molecule has 0 saturated heterocycles. The molecule has 0 radical (unpaired) electrons. The van der Waals surface area contributed by atoms with E-state index in [2.05, 4.69) is 9.97 Å². The molecule has 0 fully saturated rings. The monoisotopic (exact) mass is 338 g/mol.